The minimum atomic E-state index is 0.443. The summed E-state index contributed by atoms with van der Waals surface area (Å²) in [5.41, 5.74) is 7.00. The van der Waals surface area contributed by atoms with Crippen molar-refractivity contribution in [2.75, 3.05) is 6.54 Å². The van der Waals surface area contributed by atoms with Crippen LogP contribution in [0.4, 0.5) is 0 Å². The number of hydrogen-bond acceptors (Lipinski definition) is 2. The number of benzene rings is 3. The summed E-state index contributed by atoms with van der Waals surface area (Å²) >= 11 is 2.35. The average Bonchev–Trinajstić information content (AvgIpc) is 2.71. The lowest BCUT2D eigenvalue weighted by molar-refractivity contribution is 0.839. The average molecular weight is 476 g/mol. The number of nitrogens with zero attached hydrogens (tertiary/aromatic N) is 2. The number of nitriles is 1. The van der Waals surface area contributed by atoms with Gasteiger partial charge in [-0.05, 0) is 98.3 Å². The van der Waals surface area contributed by atoms with E-state index in [1.165, 1.54) is 22.4 Å². The Hall–Kier alpha value is -2.45. The Morgan fingerprint density at radius 3 is 2.64 bits per heavy atom. The Morgan fingerprint density at radius 2 is 1.86 bits per heavy atom. The second-order valence-corrected chi connectivity index (χ2v) is 8.63. The van der Waals surface area contributed by atoms with Gasteiger partial charge in [0.15, 0.2) is 0 Å². The molecule has 0 unspecified atom stereocenters. The van der Waals surface area contributed by atoms with E-state index in [4.69, 9.17) is 10.3 Å². The molecule has 0 fully saturated rings. The summed E-state index contributed by atoms with van der Waals surface area (Å²) in [5, 5.41) is 11.4. The first-order valence-corrected chi connectivity index (χ1v) is 10.6. The van der Waals surface area contributed by atoms with Crippen molar-refractivity contribution in [1.82, 2.24) is 0 Å². The highest BCUT2D eigenvalue weighted by Crippen LogP contribution is 2.26. The van der Waals surface area contributed by atoms with Crippen LogP contribution in [-0.4, -0.2) is 12.3 Å². The molecule has 0 atom stereocenters. The third kappa shape index (κ3) is 3.74. The molecule has 4 rings (SSSR count). The Labute approximate surface area is 179 Å². The van der Waals surface area contributed by atoms with Crippen LogP contribution in [0, 0.1) is 20.8 Å². The predicted octanol–water partition coefficient (Wildman–Crippen LogP) is 6.49. The van der Waals surface area contributed by atoms with Crippen molar-refractivity contribution < 1.29 is 0 Å². The second-order valence-electron chi connectivity index (χ2n) is 7.47. The minimum Gasteiger partial charge on any atom is -0.289 e. The molecule has 0 radical (unpaired) electrons. The number of hydrogen-bond donors (Lipinski definition) is 0. The molecular weight excluding hydrogens is 455 g/mol. The molecule has 0 saturated heterocycles. The largest absolute Gasteiger partial charge is 0.289 e. The molecule has 1 heterocycles. The fourth-order valence-corrected chi connectivity index (χ4v) is 4.55. The molecule has 0 bridgehead atoms. The molecule has 3 aromatic rings. The highest BCUT2D eigenvalue weighted by atomic mass is 127. The summed E-state index contributed by atoms with van der Waals surface area (Å²) < 4.78 is 1.16. The van der Waals surface area contributed by atoms with Gasteiger partial charge in [0.2, 0.25) is 0 Å². The van der Waals surface area contributed by atoms with Crippen molar-refractivity contribution in [3.8, 4) is 6.07 Å². The van der Waals surface area contributed by atoms with Gasteiger partial charge in [0.1, 0.15) is 0 Å². The van der Waals surface area contributed by atoms with Gasteiger partial charge in [-0.1, -0.05) is 44.2 Å². The maximum absolute atomic E-state index is 9.12. The van der Waals surface area contributed by atoms with Crippen LogP contribution in [-0.2, 0) is 6.42 Å². The van der Waals surface area contributed by atoms with Crippen LogP contribution in [0.25, 0.3) is 22.9 Å². The fourth-order valence-electron chi connectivity index (χ4n) is 3.72. The second kappa shape index (κ2) is 7.89. The molecule has 1 aliphatic heterocycles. The lowest BCUT2D eigenvalue weighted by atomic mass is 9.90. The molecule has 0 N–H and O–H groups in total. The lowest BCUT2D eigenvalue weighted by Gasteiger charge is -2.20. The SMILES string of the molecule is CC(C)C1=NCCc2ccc(/C=C/c3cc(I)c4cc(C#N)ccc4c3)cc21. The molecule has 0 aromatic heterocycles. The Morgan fingerprint density at radius 1 is 1.04 bits per heavy atom. The fraction of sp³-hybridized carbons (Fsp3) is 0.200. The van der Waals surface area contributed by atoms with E-state index in [1.54, 1.807) is 0 Å². The summed E-state index contributed by atoms with van der Waals surface area (Å²) in [7, 11) is 0. The van der Waals surface area contributed by atoms with Crippen molar-refractivity contribution >= 4 is 51.2 Å². The zero-order valence-electron chi connectivity index (χ0n) is 16.0. The molecule has 1 aliphatic rings. The van der Waals surface area contributed by atoms with Gasteiger partial charge in [-0.3, -0.25) is 4.99 Å². The van der Waals surface area contributed by atoms with Gasteiger partial charge in [0.05, 0.1) is 11.6 Å². The third-order valence-electron chi connectivity index (χ3n) is 5.14. The third-order valence-corrected chi connectivity index (χ3v) is 6.04. The molecule has 0 amide bonds. The standard InChI is InChI=1S/C25H21IN2/c1-16(2)25-23-12-17(5-7-20(23)9-10-28-25)3-4-18-11-21-8-6-19(15-27)13-22(21)24(26)14-18/h3-8,11-14,16H,9-10H2,1-2H3/b4-3+. The van der Waals surface area contributed by atoms with E-state index in [0.717, 1.165) is 32.9 Å². The van der Waals surface area contributed by atoms with Crippen LogP contribution in [0.5, 0.6) is 0 Å². The molecule has 138 valence electrons. The van der Waals surface area contributed by atoms with E-state index >= 15 is 0 Å². The van der Waals surface area contributed by atoms with Gasteiger partial charge < -0.3 is 0 Å². The van der Waals surface area contributed by atoms with Gasteiger partial charge in [-0.2, -0.15) is 5.26 Å². The maximum atomic E-state index is 9.12. The smallest absolute Gasteiger partial charge is 0.0991 e. The maximum Gasteiger partial charge on any atom is 0.0991 e. The normalized spacial score (nSPS) is 13.6. The summed E-state index contributed by atoms with van der Waals surface area (Å²) in [5.74, 6) is 0.443. The monoisotopic (exact) mass is 476 g/mol. The van der Waals surface area contributed by atoms with Crippen LogP contribution in [0.15, 0.2) is 53.5 Å². The number of rotatable bonds is 3. The van der Waals surface area contributed by atoms with Crippen LogP contribution in [0.1, 0.15) is 41.7 Å². The first-order valence-electron chi connectivity index (χ1n) is 9.54. The minimum absolute atomic E-state index is 0.443. The van der Waals surface area contributed by atoms with Crippen LogP contribution < -0.4 is 0 Å². The van der Waals surface area contributed by atoms with Crippen LogP contribution in [0.2, 0.25) is 0 Å². The Kier molecular flexibility index (Phi) is 5.32. The van der Waals surface area contributed by atoms with Crippen molar-refractivity contribution in [2.45, 2.75) is 20.3 Å². The molecule has 0 aliphatic carbocycles. The van der Waals surface area contributed by atoms with E-state index < -0.39 is 0 Å². The molecule has 0 saturated carbocycles. The van der Waals surface area contributed by atoms with E-state index in [1.807, 2.05) is 18.2 Å². The van der Waals surface area contributed by atoms with Crippen molar-refractivity contribution in [1.29, 1.82) is 5.26 Å². The molecule has 0 spiro atoms. The van der Waals surface area contributed by atoms with Crippen molar-refractivity contribution in [3.63, 3.8) is 0 Å². The van der Waals surface area contributed by atoms with E-state index in [9.17, 15) is 0 Å². The van der Waals surface area contributed by atoms with E-state index in [2.05, 4.69) is 85.0 Å². The number of fused-ring (bicyclic) bond motifs is 2. The first-order chi connectivity index (χ1) is 13.5. The lowest BCUT2D eigenvalue weighted by Crippen LogP contribution is -2.18. The molecule has 2 nitrogen and oxygen atoms in total. The van der Waals surface area contributed by atoms with Gasteiger partial charge in [-0.15, -0.1) is 0 Å². The van der Waals surface area contributed by atoms with Crippen LogP contribution >= 0.6 is 22.6 Å². The molecule has 28 heavy (non-hydrogen) atoms. The van der Waals surface area contributed by atoms with Crippen LogP contribution in [0.3, 0.4) is 0 Å². The first kappa shape index (κ1) is 18.9. The molecule has 3 aromatic carbocycles. The Balaban J connectivity index is 1.68. The quantitative estimate of drug-likeness (QED) is 0.315. The van der Waals surface area contributed by atoms with E-state index in [-0.39, 0.29) is 0 Å². The number of aliphatic imine (C=N–C) groups is 1. The zero-order chi connectivity index (χ0) is 19.7. The summed E-state index contributed by atoms with van der Waals surface area (Å²) in [6.45, 7) is 5.33. The van der Waals surface area contributed by atoms with Gasteiger partial charge >= 0.3 is 0 Å². The Bertz CT molecular complexity index is 1160. The topological polar surface area (TPSA) is 36.1 Å². The van der Waals surface area contributed by atoms with E-state index in [0.29, 0.717) is 11.5 Å². The van der Waals surface area contributed by atoms with Crippen molar-refractivity contribution in [2.24, 2.45) is 10.9 Å². The van der Waals surface area contributed by atoms with Gasteiger partial charge in [-0.25, -0.2) is 0 Å². The molecule has 3 heteroatoms. The summed E-state index contributed by atoms with van der Waals surface area (Å²) in [6, 6.07) is 19.1. The molecular formula is C25H21IN2. The number of halogens is 1. The zero-order valence-corrected chi connectivity index (χ0v) is 18.2. The van der Waals surface area contributed by atoms with Gasteiger partial charge in [0.25, 0.3) is 0 Å². The highest BCUT2D eigenvalue weighted by molar-refractivity contribution is 14.1. The highest BCUT2D eigenvalue weighted by Gasteiger charge is 2.16. The predicted molar refractivity (Wildman–Crippen MR) is 127 cm³/mol. The summed E-state index contributed by atoms with van der Waals surface area (Å²) in [6.07, 6.45) is 5.37. The van der Waals surface area contributed by atoms with Gasteiger partial charge in [0, 0.05) is 15.8 Å². The summed E-state index contributed by atoms with van der Waals surface area (Å²) in [4.78, 5) is 4.76. The van der Waals surface area contributed by atoms with Crippen molar-refractivity contribution in [3.05, 3.63) is 79.9 Å².